The monoisotopic (exact) mass is 243 g/mol. The number of hydrogen-bond donors (Lipinski definition) is 2. The van der Waals surface area contributed by atoms with E-state index in [2.05, 4.69) is 53.6 Å². The fraction of sp³-hybridized carbons (Fsp3) is 0.400. The van der Waals surface area contributed by atoms with E-state index >= 15 is 0 Å². The molecule has 0 aliphatic heterocycles. The number of H-pyrrole nitrogens is 1. The van der Waals surface area contributed by atoms with Crippen LogP contribution in [0.2, 0.25) is 0 Å². The highest BCUT2D eigenvalue weighted by Gasteiger charge is 2.05. The average Bonchev–Trinajstić information content (AvgIpc) is 2.92. The summed E-state index contributed by atoms with van der Waals surface area (Å²) in [4.78, 5) is 0. The van der Waals surface area contributed by atoms with Crippen molar-refractivity contribution in [2.24, 2.45) is 0 Å². The Morgan fingerprint density at radius 3 is 2.83 bits per heavy atom. The van der Waals surface area contributed by atoms with E-state index in [1.807, 2.05) is 6.07 Å². The lowest BCUT2D eigenvalue weighted by Gasteiger charge is -2.17. The number of rotatable bonds is 6. The second kappa shape index (κ2) is 6.24. The van der Waals surface area contributed by atoms with Gasteiger partial charge in [0.1, 0.15) is 0 Å². The van der Waals surface area contributed by atoms with Crippen molar-refractivity contribution in [2.45, 2.75) is 39.2 Å². The Hall–Kier alpha value is -1.77. The molecule has 0 amide bonds. The standard InChI is InChI=1S/C15H21N3/c1-3-6-13(4-2)17-14-8-5-7-12(11-14)15-9-10-16-18-15/h5,7-11,13,17H,3-4,6H2,1-2H3,(H,16,18). The van der Waals surface area contributed by atoms with Crippen LogP contribution in [-0.2, 0) is 0 Å². The lowest BCUT2D eigenvalue weighted by molar-refractivity contribution is 0.623. The molecule has 0 aliphatic rings. The fourth-order valence-electron chi connectivity index (χ4n) is 2.16. The van der Waals surface area contributed by atoms with E-state index in [1.54, 1.807) is 6.20 Å². The third-order valence-corrected chi connectivity index (χ3v) is 3.18. The van der Waals surface area contributed by atoms with Crippen molar-refractivity contribution in [3.05, 3.63) is 36.5 Å². The van der Waals surface area contributed by atoms with Gasteiger partial charge >= 0.3 is 0 Å². The molecule has 1 aromatic heterocycles. The van der Waals surface area contributed by atoms with Crippen LogP contribution < -0.4 is 5.32 Å². The van der Waals surface area contributed by atoms with Crippen LogP contribution in [0.5, 0.6) is 0 Å². The van der Waals surface area contributed by atoms with Gasteiger partial charge in [0.2, 0.25) is 0 Å². The van der Waals surface area contributed by atoms with Crippen LogP contribution in [-0.4, -0.2) is 16.2 Å². The van der Waals surface area contributed by atoms with E-state index in [4.69, 9.17) is 0 Å². The Bertz CT molecular complexity index is 462. The molecule has 0 bridgehead atoms. The lowest BCUT2D eigenvalue weighted by atomic mass is 10.1. The zero-order valence-corrected chi connectivity index (χ0v) is 11.1. The number of anilines is 1. The number of nitrogens with zero attached hydrogens (tertiary/aromatic N) is 1. The molecule has 3 heteroatoms. The molecule has 3 nitrogen and oxygen atoms in total. The first-order chi connectivity index (χ1) is 8.83. The van der Waals surface area contributed by atoms with Crippen molar-refractivity contribution in [2.75, 3.05) is 5.32 Å². The van der Waals surface area contributed by atoms with Gasteiger partial charge in [0.15, 0.2) is 0 Å². The second-order valence-electron chi connectivity index (χ2n) is 4.59. The van der Waals surface area contributed by atoms with Crippen molar-refractivity contribution in [1.29, 1.82) is 0 Å². The first kappa shape index (κ1) is 12.7. The van der Waals surface area contributed by atoms with Gasteiger partial charge in [-0.25, -0.2) is 0 Å². The molecule has 0 aliphatic carbocycles. The number of hydrogen-bond acceptors (Lipinski definition) is 2. The Labute approximate surface area is 109 Å². The molecule has 18 heavy (non-hydrogen) atoms. The van der Waals surface area contributed by atoms with Crippen LogP contribution in [0, 0.1) is 0 Å². The highest BCUT2D eigenvalue weighted by Crippen LogP contribution is 2.21. The molecule has 0 fully saturated rings. The van der Waals surface area contributed by atoms with Crippen LogP contribution >= 0.6 is 0 Å². The Morgan fingerprint density at radius 1 is 1.28 bits per heavy atom. The molecular weight excluding hydrogens is 222 g/mol. The van der Waals surface area contributed by atoms with Gasteiger partial charge in [0.25, 0.3) is 0 Å². The fourth-order valence-corrected chi connectivity index (χ4v) is 2.16. The zero-order chi connectivity index (χ0) is 12.8. The van der Waals surface area contributed by atoms with Crippen molar-refractivity contribution < 1.29 is 0 Å². The van der Waals surface area contributed by atoms with E-state index in [0.29, 0.717) is 6.04 Å². The highest BCUT2D eigenvalue weighted by atomic mass is 15.1. The third-order valence-electron chi connectivity index (χ3n) is 3.18. The number of aromatic amines is 1. The lowest BCUT2D eigenvalue weighted by Crippen LogP contribution is -2.17. The minimum absolute atomic E-state index is 0.562. The number of nitrogens with one attached hydrogen (secondary N) is 2. The molecule has 1 heterocycles. The molecular formula is C15H21N3. The SMILES string of the molecule is CCCC(CC)Nc1cccc(-c2ccn[nH]2)c1. The second-order valence-corrected chi connectivity index (χ2v) is 4.59. The number of benzene rings is 1. The molecule has 0 saturated carbocycles. The van der Waals surface area contributed by atoms with Gasteiger partial charge in [0.05, 0.1) is 5.69 Å². The summed E-state index contributed by atoms with van der Waals surface area (Å²) < 4.78 is 0. The summed E-state index contributed by atoms with van der Waals surface area (Å²) in [5, 5.41) is 10.6. The predicted molar refractivity (Wildman–Crippen MR) is 76.6 cm³/mol. The highest BCUT2D eigenvalue weighted by molar-refractivity contribution is 5.64. The van der Waals surface area contributed by atoms with Gasteiger partial charge in [-0.05, 0) is 31.0 Å². The largest absolute Gasteiger partial charge is 0.382 e. The van der Waals surface area contributed by atoms with Crippen LogP contribution in [0.1, 0.15) is 33.1 Å². The van der Waals surface area contributed by atoms with Crippen LogP contribution in [0.4, 0.5) is 5.69 Å². The predicted octanol–water partition coefficient (Wildman–Crippen LogP) is 4.07. The Balaban J connectivity index is 2.12. The van der Waals surface area contributed by atoms with E-state index in [0.717, 1.165) is 12.1 Å². The molecule has 2 rings (SSSR count). The smallest absolute Gasteiger partial charge is 0.0650 e. The first-order valence-electron chi connectivity index (χ1n) is 6.69. The Morgan fingerprint density at radius 2 is 2.17 bits per heavy atom. The summed E-state index contributed by atoms with van der Waals surface area (Å²) in [6.45, 7) is 4.46. The van der Waals surface area contributed by atoms with Gasteiger partial charge < -0.3 is 5.32 Å². The molecule has 0 radical (unpaired) electrons. The molecule has 96 valence electrons. The van der Waals surface area contributed by atoms with Gasteiger partial charge in [-0.3, -0.25) is 5.10 Å². The van der Waals surface area contributed by atoms with Gasteiger partial charge in [-0.15, -0.1) is 0 Å². The van der Waals surface area contributed by atoms with Crippen molar-refractivity contribution >= 4 is 5.69 Å². The molecule has 1 unspecified atom stereocenters. The summed E-state index contributed by atoms with van der Waals surface area (Å²) in [6, 6.07) is 11.0. The molecule has 2 aromatic rings. The summed E-state index contributed by atoms with van der Waals surface area (Å²) >= 11 is 0. The van der Waals surface area contributed by atoms with Crippen molar-refractivity contribution in [1.82, 2.24) is 10.2 Å². The molecule has 0 spiro atoms. The summed E-state index contributed by atoms with van der Waals surface area (Å²) in [7, 11) is 0. The normalized spacial score (nSPS) is 12.3. The molecule has 1 atom stereocenters. The van der Waals surface area contributed by atoms with Crippen molar-refractivity contribution in [3.63, 3.8) is 0 Å². The van der Waals surface area contributed by atoms with Gasteiger partial charge in [-0.2, -0.15) is 5.10 Å². The quantitative estimate of drug-likeness (QED) is 0.803. The third kappa shape index (κ3) is 3.13. The van der Waals surface area contributed by atoms with E-state index in [1.165, 1.54) is 24.1 Å². The van der Waals surface area contributed by atoms with E-state index < -0.39 is 0 Å². The van der Waals surface area contributed by atoms with Gasteiger partial charge in [0, 0.05) is 23.5 Å². The van der Waals surface area contributed by atoms with Crippen LogP contribution in [0.25, 0.3) is 11.3 Å². The molecule has 1 aromatic carbocycles. The van der Waals surface area contributed by atoms with Crippen molar-refractivity contribution in [3.8, 4) is 11.3 Å². The maximum absolute atomic E-state index is 3.99. The summed E-state index contributed by atoms with van der Waals surface area (Å²) in [6.07, 6.45) is 5.36. The summed E-state index contributed by atoms with van der Waals surface area (Å²) in [5.41, 5.74) is 3.41. The minimum Gasteiger partial charge on any atom is -0.382 e. The maximum atomic E-state index is 3.99. The zero-order valence-electron chi connectivity index (χ0n) is 11.1. The Kier molecular flexibility index (Phi) is 4.40. The number of aromatic nitrogens is 2. The van der Waals surface area contributed by atoms with Gasteiger partial charge in [-0.1, -0.05) is 32.4 Å². The minimum atomic E-state index is 0.562. The van der Waals surface area contributed by atoms with E-state index in [-0.39, 0.29) is 0 Å². The first-order valence-corrected chi connectivity index (χ1v) is 6.69. The average molecular weight is 243 g/mol. The maximum Gasteiger partial charge on any atom is 0.0650 e. The molecule has 2 N–H and O–H groups in total. The van der Waals surface area contributed by atoms with Crippen LogP contribution in [0.15, 0.2) is 36.5 Å². The topological polar surface area (TPSA) is 40.7 Å². The molecule has 0 saturated heterocycles. The summed E-state index contributed by atoms with van der Waals surface area (Å²) in [5.74, 6) is 0. The van der Waals surface area contributed by atoms with E-state index in [9.17, 15) is 0 Å². The van der Waals surface area contributed by atoms with Crippen LogP contribution in [0.3, 0.4) is 0 Å².